The van der Waals surface area contributed by atoms with Gasteiger partial charge in [0, 0.05) is 16.7 Å². The van der Waals surface area contributed by atoms with E-state index >= 15 is 0 Å². The molecule has 0 saturated heterocycles. The third-order valence-electron chi connectivity index (χ3n) is 6.22. The van der Waals surface area contributed by atoms with E-state index in [1.807, 2.05) is 77.1 Å². The Kier molecular flexibility index (Phi) is 6.42. The van der Waals surface area contributed by atoms with Gasteiger partial charge in [0.15, 0.2) is 0 Å². The number of fused-ring (bicyclic) bond motifs is 1. The van der Waals surface area contributed by atoms with E-state index < -0.39 is 0 Å². The van der Waals surface area contributed by atoms with Crippen LogP contribution < -0.4 is 10.1 Å². The lowest BCUT2D eigenvalue weighted by Gasteiger charge is -2.20. The third-order valence-corrected chi connectivity index (χ3v) is 6.22. The van der Waals surface area contributed by atoms with Crippen molar-refractivity contribution in [3.8, 4) is 16.9 Å². The molecule has 4 rings (SSSR count). The normalized spacial score (nSPS) is 12.2. The Labute approximate surface area is 199 Å². The molecule has 0 radical (unpaired) electrons. The van der Waals surface area contributed by atoms with Gasteiger partial charge in [0.05, 0.1) is 35.6 Å². The van der Waals surface area contributed by atoms with Crippen molar-refractivity contribution in [3.05, 3.63) is 88.5 Å². The summed E-state index contributed by atoms with van der Waals surface area (Å²) in [6, 6.07) is 16.1. The number of hydrogen-bond acceptors (Lipinski definition) is 3. The summed E-state index contributed by atoms with van der Waals surface area (Å²) in [4.78, 5) is 13.4. The van der Waals surface area contributed by atoms with Crippen LogP contribution in [0.25, 0.3) is 16.6 Å². The van der Waals surface area contributed by atoms with E-state index in [-0.39, 0.29) is 23.7 Å². The standard InChI is InChI=1S/C28H30FN3O2/c1-16(2)27-21(28(33)30-18(4)20-11-7-8-13-24(20)34-6)14-15-23-26(19(5)31-32(23)27)25-17(3)10-9-12-22(25)29/h7-16,18H,1-6H3,(H,30,33)/t18-/m1/s1. The number of hydrogen-bond donors (Lipinski definition) is 1. The highest BCUT2D eigenvalue weighted by Gasteiger charge is 2.24. The summed E-state index contributed by atoms with van der Waals surface area (Å²) in [6.45, 7) is 9.76. The van der Waals surface area contributed by atoms with Crippen molar-refractivity contribution < 1.29 is 13.9 Å². The van der Waals surface area contributed by atoms with E-state index in [0.29, 0.717) is 11.1 Å². The molecule has 2 aromatic carbocycles. The minimum atomic E-state index is -0.281. The molecule has 1 atom stereocenters. The van der Waals surface area contributed by atoms with Crippen LogP contribution in [0.2, 0.25) is 0 Å². The summed E-state index contributed by atoms with van der Waals surface area (Å²) in [7, 11) is 1.62. The van der Waals surface area contributed by atoms with Gasteiger partial charge in [0.25, 0.3) is 5.91 Å². The van der Waals surface area contributed by atoms with Crippen LogP contribution >= 0.6 is 0 Å². The predicted molar refractivity (Wildman–Crippen MR) is 133 cm³/mol. The van der Waals surface area contributed by atoms with Crippen LogP contribution in [0.4, 0.5) is 4.39 Å². The van der Waals surface area contributed by atoms with Gasteiger partial charge in [0.2, 0.25) is 0 Å². The summed E-state index contributed by atoms with van der Waals surface area (Å²) in [5.41, 5.74) is 5.88. The topological polar surface area (TPSA) is 55.6 Å². The van der Waals surface area contributed by atoms with Crippen LogP contribution in [0, 0.1) is 19.7 Å². The largest absolute Gasteiger partial charge is 0.496 e. The second kappa shape index (κ2) is 9.29. The number of ether oxygens (including phenoxy) is 1. The number of aryl methyl sites for hydroxylation is 2. The lowest BCUT2D eigenvalue weighted by Crippen LogP contribution is -2.28. The number of carbonyl (C=O) groups excluding carboxylic acids is 1. The molecule has 0 unspecified atom stereocenters. The fraction of sp³-hybridized carbons (Fsp3) is 0.286. The fourth-order valence-corrected chi connectivity index (χ4v) is 4.63. The monoisotopic (exact) mass is 459 g/mol. The first-order valence-electron chi connectivity index (χ1n) is 11.5. The molecular weight excluding hydrogens is 429 g/mol. The van der Waals surface area contributed by atoms with E-state index in [0.717, 1.165) is 39.3 Å². The number of halogens is 1. The number of rotatable bonds is 6. The zero-order chi connectivity index (χ0) is 24.6. The van der Waals surface area contributed by atoms with Crippen LogP contribution in [0.15, 0.2) is 54.6 Å². The first kappa shape index (κ1) is 23.5. The lowest BCUT2D eigenvalue weighted by atomic mass is 9.97. The molecule has 5 nitrogen and oxygen atoms in total. The van der Waals surface area contributed by atoms with Gasteiger partial charge in [-0.1, -0.05) is 44.2 Å². The first-order chi connectivity index (χ1) is 16.2. The number of nitrogens with zero attached hydrogens (tertiary/aromatic N) is 2. The smallest absolute Gasteiger partial charge is 0.253 e. The van der Waals surface area contributed by atoms with E-state index in [4.69, 9.17) is 9.84 Å². The minimum absolute atomic E-state index is 0.0138. The predicted octanol–water partition coefficient (Wildman–Crippen LogP) is 6.38. The average Bonchev–Trinajstić information content (AvgIpc) is 3.13. The van der Waals surface area contributed by atoms with Gasteiger partial charge in [-0.2, -0.15) is 5.10 Å². The van der Waals surface area contributed by atoms with Crippen LogP contribution in [-0.4, -0.2) is 22.6 Å². The molecule has 1 amide bonds. The summed E-state index contributed by atoms with van der Waals surface area (Å²) in [6.07, 6.45) is 0. The molecule has 0 bridgehead atoms. The lowest BCUT2D eigenvalue weighted by molar-refractivity contribution is 0.0937. The van der Waals surface area contributed by atoms with Crippen molar-refractivity contribution in [1.82, 2.24) is 14.9 Å². The summed E-state index contributed by atoms with van der Waals surface area (Å²) >= 11 is 0. The average molecular weight is 460 g/mol. The van der Waals surface area contributed by atoms with Crippen molar-refractivity contribution in [1.29, 1.82) is 0 Å². The van der Waals surface area contributed by atoms with Crippen molar-refractivity contribution in [3.63, 3.8) is 0 Å². The Balaban J connectivity index is 1.81. The van der Waals surface area contributed by atoms with Gasteiger partial charge < -0.3 is 10.1 Å². The van der Waals surface area contributed by atoms with Gasteiger partial charge in [-0.3, -0.25) is 4.79 Å². The number of amides is 1. The maximum atomic E-state index is 14.8. The van der Waals surface area contributed by atoms with Gasteiger partial charge in [-0.05, 0) is 56.5 Å². The van der Waals surface area contributed by atoms with Gasteiger partial charge in [-0.25, -0.2) is 8.91 Å². The Morgan fingerprint density at radius 3 is 2.41 bits per heavy atom. The van der Waals surface area contributed by atoms with Crippen molar-refractivity contribution in [2.24, 2.45) is 0 Å². The molecule has 34 heavy (non-hydrogen) atoms. The number of para-hydroxylation sites is 1. The molecule has 0 aliphatic heterocycles. The van der Waals surface area contributed by atoms with Crippen molar-refractivity contribution >= 4 is 11.4 Å². The Morgan fingerprint density at radius 2 is 1.74 bits per heavy atom. The van der Waals surface area contributed by atoms with Crippen LogP contribution in [0.3, 0.4) is 0 Å². The second-order valence-electron chi connectivity index (χ2n) is 8.91. The molecule has 1 N–H and O–H groups in total. The maximum Gasteiger partial charge on any atom is 0.253 e. The molecule has 0 fully saturated rings. The number of methoxy groups -OCH3 is 1. The first-order valence-corrected chi connectivity index (χ1v) is 11.5. The molecule has 2 aromatic heterocycles. The zero-order valence-corrected chi connectivity index (χ0v) is 20.4. The van der Waals surface area contributed by atoms with E-state index in [9.17, 15) is 9.18 Å². The number of aromatic nitrogens is 2. The SMILES string of the molecule is COc1ccccc1[C@@H](C)NC(=O)c1ccc2c(-c3c(C)cccc3F)c(C)nn2c1C(C)C. The van der Waals surface area contributed by atoms with Gasteiger partial charge in [-0.15, -0.1) is 0 Å². The molecule has 176 valence electrons. The van der Waals surface area contributed by atoms with Crippen LogP contribution in [0.1, 0.15) is 65.6 Å². The second-order valence-corrected chi connectivity index (χ2v) is 8.91. The highest BCUT2D eigenvalue weighted by molar-refractivity contribution is 5.97. The summed E-state index contributed by atoms with van der Waals surface area (Å²) < 4.78 is 22.1. The Morgan fingerprint density at radius 1 is 1.00 bits per heavy atom. The number of pyridine rings is 1. The fourth-order valence-electron chi connectivity index (χ4n) is 4.63. The number of benzene rings is 2. The van der Waals surface area contributed by atoms with Crippen molar-refractivity contribution in [2.75, 3.05) is 7.11 Å². The van der Waals surface area contributed by atoms with Crippen LogP contribution in [-0.2, 0) is 0 Å². The summed E-state index contributed by atoms with van der Waals surface area (Å²) in [5, 5.41) is 7.85. The molecule has 0 saturated carbocycles. The Bertz CT molecular complexity index is 1350. The van der Waals surface area contributed by atoms with E-state index in [2.05, 4.69) is 5.32 Å². The Hall–Kier alpha value is -3.67. The summed E-state index contributed by atoms with van der Waals surface area (Å²) in [5.74, 6) is 0.264. The highest BCUT2D eigenvalue weighted by Crippen LogP contribution is 2.35. The van der Waals surface area contributed by atoms with Crippen LogP contribution in [0.5, 0.6) is 5.75 Å². The molecular formula is C28H30FN3O2. The molecule has 4 aromatic rings. The number of nitrogens with one attached hydrogen (secondary N) is 1. The highest BCUT2D eigenvalue weighted by atomic mass is 19.1. The molecule has 2 heterocycles. The maximum absolute atomic E-state index is 14.8. The number of carbonyl (C=O) groups is 1. The molecule has 6 heteroatoms. The van der Waals surface area contributed by atoms with E-state index in [1.54, 1.807) is 17.7 Å². The molecule has 0 aliphatic carbocycles. The van der Waals surface area contributed by atoms with Gasteiger partial charge >= 0.3 is 0 Å². The van der Waals surface area contributed by atoms with Gasteiger partial charge in [0.1, 0.15) is 11.6 Å². The molecule has 0 aliphatic rings. The zero-order valence-electron chi connectivity index (χ0n) is 20.4. The quantitative estimate of drug-likeness (QED) is 0.364. The van der Waals surface area contributed by atoms with Crippen molar-refractivity contribution in [2.45, 2.75) is 46.6 Å². The minimum Gasteiger partial charge on any atom is -0.496 e. The third kappa shape index (κ3) is 4.04. The molecule has 0 spiro atoms. The van der Waals surface area contributed by atoms with E-state index in [1.165, 1.54) is 6.07 Å².